The fourth-order valence-electron chi connectivity index (χ4n) is 3.50. The topological polar surface area (TPSA) is 58.2 Å². The van der Waals surface area contributed by atoms with Crippen LogP contribution in [-0.2, 0) is 17.6 Å². The molecule has 1 saturated carbocycles. The Bertz CT molecular complexity index is 523. The number of amides is 2. The summed E-state index contributed by atoms with van der Waals surface area (Å²) in [5, 5.41) is 0. The summed E-state index contributed by atoms with van der Waals surface area (Å²) < 4.78 is 0. The lowest BCUT2D eigenvalue weighted by atomic mass is 10.0. The maximum Gasteiger partial charge on any atom is 0.279 e. The zero-order valence-corrected chi connectivity index (χ0v) is 13.8. The minimum atomic E-state index is -0.183. The summed E-state index contributed by atoms with van der Waals surface area (Å²) in [6.07, 6.45) is 11.1. The SMILES string of the molecule is O=C(CC1CCCC1)NNC(=O)c1cc2c(s1)CCCCC2. The summed E-state index contributed by atoms with van der Waals surface area (Å²) in [4.78, 5) is 26.1. The molecule has 1 heterocycles. The van der Waals surface area contributed by atoms with Gasteiger partial charge in [-0.1, -0.05) is 19.3 Å². The Hall–Kier alpha value is -1.36. The van der Waals surface area contributed by atoms with Crippen LogP contribution in [0, 0.1) is 5.92 Å². The van der Waals surface area contributed by atoms with Gasteiger partial charge in [0, 0.05) is 11.3 Å². The summed E-state index contributed by atoms with van der Waals surface area (Å²) in [6.45, 7) is 0. The lowest BCUT2D eigenvalue weighted by Gasteiger charge is -2.10. The number of thiophene rings is 1. The zero-order chi connectivity index (χ0) is 15.4. The summed E-state index contributed by atoms with van der Waals surface area (Å²) in [5.74, 6) is 0.242. The third-order valence-corrected chi connectivity index (χ3v) is 5.97. The summed E-state index contributed by atoms with van der Waals surface area (Å²) in [5.41, 5.74) is 6.46. The van der Waals surface area contributed by atoms with Gasteiger partial charge in [-0.25, -0.2) is 0 Å². The second kappa shape index (κ2) is 7.27. The molecule has 22 heavy (non-hydrogen) atoms. The van der Waals surface area contributed by atoms with Crippen LogP contribution < -0.4 is 10.9 Å². The van der Waals surface area contributed by atoms with E-state index in [2.05, 4.69) is 10.9 Å². The number of carbonyl (C=O) groups excluding carboxylic acids is 2. The minimum absolute atomic E-state index is 0.0710. The predicted molar refractivity (Wildman–Crippen MR) is 87.8 cm³/mol. The van der Waals surface area contributed by atoms with Crippen molar-refractivity contribution in [2.24, 2.45) is 5.92 Å². The molecule has 1 fully saturated rings. The van der Waals surface area contributed by atoms with Crippen LogP contribution in [0.1, 0.15) is 71.5 Å². The van der Waals surface area contributed by atoms with Crippen molar-refractivity contribution in [1.82, 2.24) is 10.9 Å². The molecule has 0 radical (unpaired) electrons. The average molecular weight is 320 g/mol. The molecule has 120 valence electrons. The highest BCUT2D eigenvalue weighted by Gasteiger charge is 2.20. The number of aryl methyl sites for hydroxylation is 2. The second-order valence-corrected chi connectivity index (χ2v) is 7.61. The van der Waals surface area contributed by atoms with E-state index in [1.165, 1.54) is 42.5 Å². The van der Waals surface area contributed by atoms with E-state index in [1.807, 2.05) is 6.07 Å². The standard InChI is InChI=1S/C17H24N2O2S/c20-16(10-12-6-4-5-7-12)18-19-17(21)15-11-13-8-2-1-3-9-14(13)22-15/h11-12H,1-10H2,(H,18,20)(H,19,21). The Morgan fingerprint density at radius 2 is 1.82 bits per heavy atom. The lowest BCUT2D eigenvalue weighted by molar-refractivity contribution is -0.122. The number of fused-ring (bicyclic) bond motifs is 1. The van der Waals surface area contributed by atoms with Crippen LogP contribution in [0.5, 0.6) is 0 Å². The molecule has 0 saturated heterocycles. The molecule has 0 aliphatic heterocycles. The molecule has 5 heteroatoms. The fourth-order valence-corrected chi connectivity index (χ4v) is 4.64. The van der Waals surface area contributed by atoms with Gasteiger partial charge in [0.2, 0.25) is 5.91 Å². The highest BCUT2D eigenvalue weighted by atomic mass is 32.1. The molecule has 3 rings (SSSR count). The number of rotatable bonds is 3. The fraction of sp³-hybridized carbons (Fsp3) is 0.647. The van der Waals surface area contributed by atoms with Crippen LogP contribution in [0.4, 0.5) is 0 Å². The molecule has 4 nitrogen and oxygen atoms in total. The van der Waals surface area contributed by atoms with Crippen molar-refractivity contribution >= 4 is 23.2 Å². The predicted octanol–water partition coefficient (Wildman–Crippen LogP) is 3.36. The van der Waals surface area contributed by atoms with Gasteiger partial charge in [-0.05, 0) is 56.1 Å². The van der Waals surface area contributed by atoms with E-state index in [1.54, 1.807) is 11.3 Å². The van der Waals surface area contributed by atoms with Crippen LogP contribution >= 0.6 is 11.3 Å². The molecular formula is C17H24N2O2S. The first-order valence-corrected chi connectivity index (χ1v) is 9.25. The van der Waals surface area contributed by atoms with Gasteiger partial charge >= 0.3 is 0 Å². The summed E-state index contributed by atoms with van der Waals surface area (Å²) >= 11 is 1.58. The Morgan fingerprint density at radius 3 is 2.64 bits per heavy atom. The molecular weight excluding hydrogens is 296 g/mol. The summed E-state index contributed by atoms with van der Waals surface area (Å²) in [7, 11) is 0. The van der Waals surface area contributed by atoms with Crippen molar-refractivity contribution in [3.63, 3.8) is 0 Å². The minimum Gasteiger partial charge on any atom is -0.273 e. The van der Waals surface area contributed by atoms with Gasteiger partial charge in [-0.3, -0.25) is 20.4 Å². The van der Waals surface area contributed by atoms with Gasteiger partial charge in [-0.2, -0.15) is 0 Å². The Kier molecular flexibility index (Phi) is 5.13. The van der Waals surface area contributed by atoms with Gasteiger partial charge in [0.05, 0.1) is 4.88 Å². The van der Waals surface area contributed by atoms with Crippen molar-refractivity contribution in [1.29, 1.82) is 0 Å². The monoisotopic (exact) mass is 320 g/mol. The molecule has 0 aromatic carbocycles. The van der Waals surface area contributed by atoms with Gasteiger partial charge in [0.1, 0.15) is 0 Å². The first kappa shape index (κ1) is 15.5. The largest absolute Gasteiger partial charge is 0.279 e. The summed E-state index contributed by atoms with van der Waals surface area (Å²) in [6, 6.07) is 2.00. The lowest BCUT2D eigenvalue weighted by Crippen LogP contribution is -2.41. The van der Waals surface area contributed by atoms with E-state index in [0.29, 0.717) is 17.2 Å². The van der Waals surface area contributed by atoms with Crippen LogP contribution in [0.15, 0.2) is 6.07 Å². The second-order valence-electron chi connectivity index (χ2n) is 6.48. The van der Waals surface area contributed by atoms with Crippen molar-refractivity contribution in [2.45, 2.75) is 64.2 Å². The Balaban J connectivity index is 1.50. The Labute approximate surface area is 135 Å². The molecule has 2 aliphatic carbocycles. The Morgan fingerprint density at radius 1 is 1.05 bits per heavy atom. The average Bonchev–Trinajstić information content (AvgIpc) is 3.10. The van der Waals surface area contributed by atoms with E-state index >= 15 is 0 Å². The van der Waals surface area contributed by atoms with E-state index in [9.17, 15) is 9.59 Å². The maximum absolute atomic E-state index is 12.2. The number of hydrazine groups is 1. The number of hydrogen-bond donors (Lipinski definition) is 2. The van der Waals surface area contributed by atoms with Crippen molar-refractivity contribution < 1.29 is 9.59 Å². The molecule has 1 aromatic heterocycles. The molecule has 0 bridgehead atoms. The van der Waals surface area contributed by atoms with Crippen molar-refractivity contribution in [3.8, 4) is 0 Å². The van der Waals surface area contributed by atoms with Crippen LogP contribution in [0.25, 0.3) is 0 Å². The van der Waals surface area contributed by atoms with Crippen LogP contribution in [0.2, 0.25) is 0 Å². The van der Waals surface area contributed by atoms with Crippen molar-refractivity contribution in [2.75, 3.05) is 0 Å². The van der Waals surface area contributed by atoms with Crippen molar-refractivity contribution in [3.05, 3.63) is 21.4 Å². The molecule has 2 N–H and O–H groups in total. The number of nitrogens with one attached hydrogen (secondary N) is 2. The smallest absolute Gasteiger partial charge is 0.273 e. The maximum atomic E-state index is 12.2. The quantitative estimate of drug-likeness (QED) is 0.663. The van der Waals surface area contributed by atoms with E-state index in [4.69, 9.17) is 0 Å². The van der Waals surface area contributed by atoms with E-state index in [0.717, 1.165) is 25.7 Å². The number of carbonyl (C=O) groups is 2. The van der Waals surface area contributed by atoms with Gasteiger partial charge in [0.15, 0.2) is 0 Å². The first-order chi connectivity index (χ1) is 10.7. The van der Waals surface area contributed by atoms with Crippen LogP contribution in [-0.4, -0.2) is 11.8 Å². The zero-order valence-electron chi connectivity index (χ0n) is 13.0. The highest BCUT2D eigenvalue weighted by Crippen LogP contribution is 2.29. The molecule has 1 aromatic rings. The molecule has 0 atom stereocenters. The van der Waals surface area contributed by atoms with Crippen LogP contribution in [0.3, 0.4) is 0 Å². The van der Waals surface area contributed by atoms with E-state index in [-0.39, 0.29) is 11.8 Å². The molecule has 2 aliphatic rings. The highest BCUT2D eigenvalue weighted by molar-refractivity contribution is 7.14. The third-order valence-electron chi connectivity index (χ3n) is 4.73. The van der Waals surface area contributed by atoms with Gasteiger partial charge < -0.3 is 0 Å². The molecule has 2 amide bonds. The van der Waals surface area contributed by atoms with E-state index < -0.39 is 0 Å². The molecule has 0 spiro atoms. The van der Waals surface area contributed by atoms with Gasteiger partial charge in [-0.15, -0.1) is 11.3 Å². The number of hydrogen-bond acceptors (Lipinski definition) is 3. The third kappa shape index (κ3) is 3.88. The van der Waals surface area contributed by atoms with Gasteiger partial charge in [0.25, 0.3) is 5.91 Å². The normalized spacial score (nSPS) is 18.5. The molecule has 0 unspecified atom stereocenters. The first-order valence-electron chi connectivity index (χ1n) is 8.43.